The van der Waals surface area contributed by atoms with Gasteiger partial charge in [0.2, 0.25) is 0 Å². The third kappa shape index (κ3) is 4.50. The molecule has 1 atom stereocenters. The highest BCUT2D eigenvalue weighted by Gasteiger charge is 2.15. The highest BCUT2D eigenvalue weighted by Crippen LogP contribution is 2.19. The second-order valence-electron chi connectivity index (χ2n) is 3.80. The number of carbonyl (C=O) groups is 1. The molecule has 2 nitrogen and oxygen atoms in total. The number of carbonyl (C=O) groups excluding carboxylic acids is 1. The van der Waals surface area contributed by atoms with Gasteiger partial charge < -0.3 is 10.1 Å². The molecule has 0 radical (unpaired) electrons. The van der Waals surface area contributed by atoms with Gasteiger partial charge in [-0.3, -0.25) is 0 Å². The Morgan fingerprint density at radius 3 is 2.10 bits per heavy atom. The van der Waals surface area contributed by atoms with Crippen LogP contribution < -0.4 is 5.32 Å². The lowest BCUT2D eigenvalue weighted by Crippen LogP contribution is -2.31. The molecule has 0 aliphatic rings. The van der Waals surface area contributed by atoms with Crippen molar-refractivity contribution in [3.05, 3.63) is 0 Å². The lowest BCUT2D eigenvalue weighted by Gasteiger charge is -2.21. The molecule has 60 valence electrons. The quantitative estimate of drug-likeness (QED) is 0.602. The Morgan fingerprint density at radius 1 is 1.50 bits per heavy atom. The van der Waals surface area contributed by atoms with E-state index in [2.05, 4.69) is 26.1 Å². The predicted octanol–water partition coefficient (Wildman–Crippen LogP) is 1.21. The molecule has 0 aliphatic carbocycles. The first-order chi connectivity index (χ1) is 4.49. The summed E-state index contributed by atoms with van der Waals surface area (Å²) in [6.07, 6.45) is 1.86. The maximum Gasteiger partial charge on any atom is 0.136 e. The zero-order valence-corrected chi connectivity index (χ0v) is 7.27. The van der Waals surface area contributed by atoms with Crippen molar-refractivity contribution >= 4 is 6.29 Å². The number of hydrogen-bond acceptors (Lipinski definition) is 2. The molecule has 0 aromatic carbocycles. The fourth-order valence-electron chi connectivity index (χ4n) is 0.878. The van der Waals surface area contributed by atoms with Crippen LogP contribution in [0.15, 0.2) is 0 Å². The van der Waals surface area contributed by atoms with Gasteiger partial charge in [0, 0.05) is 0 Å². The molecular weight excluding hydrogens is 126 g/mol. The minimum Gasteiger partial charge on any atom is -0.311 e. The van der Waals surface area contributed by atoms with Crippen LogP contribution in [0.3, 0.4) is 0 Å². The van der Waals surface area contributed by atoms with Gasteiger partial charge in [0.25, 0.3) is 0 Å². The standard InChI is InChI=1S/C8H17NO/c1-8(2,3)5-7(6-10)9-4/h6-7,9H,5H2,1-4H3. The summed E-state index contributed by atoms with van der Waals surface area (Å²) in [5.41, 5.74) is 0.231. The average Bonchev–Trinajstić information content (AvgIpc) is 1.81. The summed E-state index contributed by atoms with van der Waals surface area (Å²) in [4.78, 5) is 10.4. The van der Waals surface area contributed by atoms with Gasteiger partial charge >= 0.3 is 0 Å². The van der Waals surface area contributed by atoms with E-state index in [0.717, 1.165) is 12.7 Å². The van der Waals surface area contributed by atoms with Crippen LogP contribution >= 0.6 is 0 Å². The number of aldehydes is 1. The molecule has 0 aromatic heterocycles. The molecule has 0 heterocycles. The van der Waals surface area contributed by atoms with Crippen LogP contribution in [-0.2, 0) is 4.79 Å². The highest BCUT2D eigenvalue weighted by molar-refractivity contribution is 5.57. The van der Waals surface area contributed by atoms with Gasteiger partial charge in [0.05, 0.1) is 6.04 Å². The van der Waals surface area contributed by atoms with E-state index in [1.54, 1.807) is 0 Å². The first-order valence-electron chi connectivity index (χ1n) is 3.62. The van der Waals surface area contributed by atoms with Crippen LogP contribution in [0.5, 0.6) is 0 Å². The van der Waals surface area contributed by atoms with E-state index in [1.165, 1.54) is 0 Å². The lowest BCUT2D eigenvalue weighted by molar-refractivity contribution is -0.110. The van der Waals surface area contributed by atoms with Crippen LogP contribution in [0, 0.1) is 5.41 Å². The minimum atomic E-state index is 0.0139. The third-order valence-corrected chi connectivity index (χ3v) is 1.37. The maximum absolute atomic E-state index is 10.4. The van der Waals surface area contributed by atoms with Crippen LogP contribution in [0.2, 0.25) is 0 Å². The monoisotopic (exact) mass is 143 g/mol. The molecule has 2 heteroatoms. The molecule has 0 spiro atoms. The first kappa shape index (κ1) is 9.63. The number of nitrogens with one attached hydrogen (secondary N) is 1. The molecule has 0 saturated heterocycles. The summed E-state index contributed by atoms with van der Waals surface area (Å²) in [6.45, 7) is 6.38. The first-order valence-corrected chi connectivity index (χ1v) is 3.62. The van der Waals surface area contributed by atoms with Crippen molar-refractivity contribution in [2.45, 2.75) is 33.2 Å². The molecule has 0 amide bonds. The van der Waals surface area contributed by atoms with Gasteiger partial charge in [-0.2, -0.15) is 0 Å². The summed E-state index contributed by atoms with van der Waals surface area (Å²) < 4.78 is 0. The normalized spacial score (nSPS) is 14.8. The SMILES string of the molecule is CNC(C=O)CC(C)(C)C. The van der Waals surface area contributed by atoms with Crippen LogP contribution in [-0.4, -0.2) is 19.4 Å². The Hall–Kier alpha value is -0.370. The Bertz CT molecular complexity index is 104. The number of hydrogen-bond donors (Lipinski definition) is 1. The summed E-state index contributed by atoms with van der Waals surface area (Å²) in [6, 6.07) is 0.0139. The predicted molar refractivity (Wildman–Crippen MR) is 43.0 cm³/mol. The zero-order chi connectivity index (χ0) is 8.20. The van der Waals surface area contributed by atoms with E-state index < -0.39 is 0 Å². The van der Waals surface area contributed by atoms with Crippen molar-refractivity contribution in [1.82, 2.24) is 5.32 Å². The highest BCUT2D eigenvalue weighted by atomic mass is 16.1. The molecule has 0 fully saturated rings. The van der Waals surface area contributed by atoms with Gasteiger partial charge in [-0.15, -0.1) is 0 Å². The average molecular weight is 143 g/mol. The molecule has 0 aliphatic heterocycles. The Labute approximate surface area is 63.0 Å². The van der Waals surface area contributed by atoms with Gasteiger partial charge in [-0.25, -0.2) is 0 Å². The van der Waals surface area contributed by atoms with Gasteiger partial charge in [-0.1, -0.05) is 20.8 Å². The van der Waals surface area contributed by atoms with Crippen molar-refractivity contribution < 1.29 is 4.79 Å². The summed E-state index contributed by atoms with van der Waals surface area (Å²) in [5.74, 6) is 0. The van der Waals surface area contributed by atoms with Crippen molar-refractivity contribution in [3.8, 4) is 0 Å². The zero-order valence-electron chi connectivity index (χ0n) is 7.27. The largest absolute Gasteiger partial charge is 0.311 e. The second-order valence-corrected chi connectivity index (χ2v) is 3.80. The Morgan fingerprint density at radius 2 is 2.00 bits per heavy atom. The number of likely N-dealkylation sites (N-methyl/N-ethyl adjacent to an activating group) is 1. The third-order valence-electron chi connectivity index (χ3n) is 1.37. The van der Waals surface area contributed by atoms with Crippen LogP contribution in [0.1, 0.15) is 27.2 Å². The molecule has 1 unspecified atom stereocenters. The van der Waals surface area contributed by atoms with E-state index in [0.29, 0.717) is 0 Å². The van der Waals surface area contributed by atoms with Crippen molar-refractivity contribution in [1.29, 1.82) is 0 Å². The van der Waals surface area contributed by atoms with E-state index in [1.807, 2.05) is 7.05 Å². The van der Waals surface area contributed by atoms with Crippen molar-refractivity contribution in [3.63, 3.8) is 0 Å². The molecular formula is C8H17NO. The second kappa shape index (κ2) is 3.71. The molecule has 1 N–H and O–H groups in total. The Kier molecular flexibility index (Phi) is 3.58. The molecule has 0 bridgehead atoms. The van der Waals surface area contributed by atoms with E-state index >= 15 is 0 Å². The Balaban J connectivity index is 3.74. The molecule has 0 rings (SSSR count). The van der Waals surface area contributed by atoms with Crippen LogP contribution in [0.4, 0.5) is 0 Å². The summed E-state index contributed by atoms with van der Waals surface area (Å²) in [7, 11) is 1.81. The smallest absolute Gasteiger partial charge is 0.136 e. The summed E-state index contributed by atoms with van der Waals surface area (Å²) in [5, 5.41) is 2.94. The fraction of sp³-hybridized carbons (Fsp3) is 0.875. The van der Waals surface area contributed by atoms with Crippen molar-refractivity contribution in [2.75, 3.05) is 7.05 Å². The molecule has 0 saturated carbocycles. The van der Waals surface area contributed by atoms with Crippen molar-refractivity contribution in [2.24, 2.45) is 5.41 Å². The van der Waals surface area contributed by atoms with Crippen LogP contribution in [0.25, 0.3) is 0 Å². The van der Waals surface area contributed by atoms with Gasteiger partial charge in [-0.05, 0) is 18.9 Å². The number of rotatable bonds is 3. The van der Waals surface area contributed by atoms with Gasteiger partial charge in [0.1, 0.15) is 6.29 Å². The molecule has 10 heavy (non-hydrogen) atoms. The van der Waals surface area contributed by atoms with Gasteiger partial charge in [0.15, 0.2) is 0 Å². The topological polar surface area (TPSA) is 29.1 Å². The lowest BCUT2D eigenvalue weighted by atomic mass is 9.89. The van der Waals surface area contributed by atoms with E-state index in [9.17, 15) is 4.79 Å². The molecule has 0 aromatic rings. The maximum atomic E-state index is 10.4. The van der Waals surface area contributed by atoms with E-state index in [-0.39, 0.29) is 11.5 Å². The summed E-state index contributed by atoms with van der Waals surface area (Å²) >= 11 is 0. The fourth-order valence-corrected chi connectivity index (χ4v) is 0.878. The minimum absolute atomic E-state index is 0.0139. The van der Waals surface area contributed by atoms with E-state index in [4.69, 9.17) is 0 Å².